The van der Waals surface area contributed by atoms with E-state index in [9.17, 15) is 13.6 Å². The molecule has 2 aliphatic rings. The molecular weight excluding hydrogens is 290 g/mol. The molecule has 0 unspecified atom stereocenters. The minimum absolute atomic E-state index is 0.165. The summed E-state index contributed by atoms with van der Waals surface area (Å²) in [5.74, 6) is -2.67. The quantitative estimate of drug-likeness (QED) is 0.836. The number of halogens is 2. The minimum atomic E-state index is -2.67. The van der Waals surface area contributed by atoms with Crippen LogP contribution >= 0.6 is 0 Å². The molecule has 0 spiro atoms. The lowest BCUT2D eigenvalue weighted by atomic mass is 9.51. The minimum Gasteiger partial charge on any atom is -0.444 e. The van der Waals surface area contributed by atoms with E-state index in [-0.39, 0.29) is 19.4 Å². The number of nitrogens with two attached hydrogens (primary N) is 1. The maximum Gasteiger partial charge on any atom is 0.408 e. The molecule has 0 aromatic carbocycles. The maximum atomic E-state index is 13.6. The van der Waals surface area contributed by atoms with Gasteiger partial charge >= 0.3 is 6.09 Å². The molecule has 6 heteroatoms. The van der Waals surface area contributed by atoms with Gasteiger partial charge in [-0.3, -0.25) is 0 Å². The van der Waals surface area contributed by atoms with Crippen LogP contribution in [-0.2, 0) is 4.74 Å². The number of amides is 1. The van der Waals surface area contributed by atoms with Crippen LogP contribution in [-0.4, -0.2) is 29.7 Å². The molecule has 2 saturated carbocycles. The summed E-state index contributed by atoms with van der Waals surface area (Å²) in [6.45, 7) is 5.53. The molecule has 1 amide bonds. The molecular formula is C16H28F2N2O2. The van der Waals surface area contributed by atoms with Gasteiger partial charge in [0.05, 0.1) is 5.54 Å². The van der Waals surface area contributed by atoms with Gasteiger partial charge in [0.15, 0.2) is 0 Å². The average molecular weight is 318 g/mol. The Morgan fingerprint density at radius 3 is 2.14 bits per heavy atom. The first-order valence-electron chi connectivity index (χ1n) is 8.12. The lowest BCUT2D eigenvalue weighted by Gasteiger charge is -2.59. The predicted octanol–water partition coefficient (Wildman–Crippen LogP) is 3.59. The van der Waals surface area contributed by atoms with E-state index in [0.29, 0.717) is 12.8 Å². The van der Waals surface area contributed by atoms with Gasteiger partial charge in [0.25, 0.3) is 0 Å². The van der Waals surface area contributed by atoms with Crippen LogP contribution in [0.1, 0.15) is 65.7 Å². The van der Waals surface area contributed by atoms with Gasteiger partial charge in [-0.2, -0.15) is 0 Å². The fourth-order valence-electron chi connectivity index (χ4n) is 4.06. The molecule has 0 aromatic rings. The Bertz CT molecular complexity index is 418. The first-order chi connectivity index (χ1) is 10.0. The summed E-state index contributed by atoms with van der Waals surface area (Å²) >= 11 is 0. The summed E-state index contributed by atoms with van der Waals surface area (Å²) < 4.78 is 32.5. The van der Waals surface area contributed by atoms with Gasteiger partial charge in [-0.15, -0.1) is 0 Å². The van der Waals surface area contributed by atoms with Crippen LogP contribution < -0.4 is 11.1 Å². The van der Waals surface area contributed by atoms with E-state index in [1.54, 1.807) is 20.8 Å². The van der Waals surface area contributed by atoms with Gasteiger partial charge in [-0.25, -0.2) is 13.6 Å². The molecule has 0 bridgehead atoms. The Morgan fingerprint density at radius 2 is 1.73 bits per heavy atom. The largest absolute Gasteiger partial charge is 0.444 e. The molecule has 2 rings (SSSR count). The highest BCUT2D eigenvalue weighted by molar-refractivity contribution is 5.69. The topological polar surface area (TPSA) is 64.3 Å². The summed E-state index contributed by atoms with van der Waals surface area (Å²) in [7, 11) is 0. The van der Waals surface area contributed by atoms with Crippen LogP contribution in [0, 0.1) is 5.41 Å². The Hall–Kier alpha value is -0.910. The van der Waals surface area contributed by atoms with E-state index in [4.69, 9.17) is 10.5 Å². The van der Waals surface area contributed by atoms with E-state index >= 15 is 0 Å². The van der Waals surface area contributed by atoms with Crippen molar-refractivity contribution < 1.29 is 18.3 Å². The Balaban J connectivity index is 2.19. The van der Waals surface area contributed by atoms with Gasteiger partial charge in [-0.1, -0.05) is 19.3 Å². The second-order valence-electron chi connectivity index (χ2n) is 7.96. The van der Waals surface area contributed by atoms with Crippen molar-refractivity contribution in [1.82, 2.24) is 5.32 Å². The third kappa shape index (κ3) is 3.36. The third-order valence-corrected chi connectivity index (χ3v) is 5.05. The number of alkyl carbamates (subject to hydrolysis) is 1. The molecule has 4 nitrogen and oxygen atoms in total. The van der Waals surface area contributed by atoms with Gasteiger partial charge in [0.2, 0.25) is 5.92 Å². The Labute approximate surface area is 131 Å². The van der Waals surface area contributed by atoms with Crippen molar-refractivity contribution in [2.45, 2.75) is 82.8 Å². The highest BCUT2D eigenvalue weighted by atomic mass is 19.3. The molecule has 2 aliphatic carbocycles. The fraction of sp³-hybridized carbons (Fsp3) is 0.938. The van der Waals surface area contributed by atoms with Gasteiger partial charge in [0.1, 0.15) is 5.60 Å². The van der Waals surface area contributed by atoms with Gasteiger partial charge < -0.3 is 15.8 Å². The molecule has 0 heterocycles. The standard InChI is InChI=1S/C16H28F2N2O2/c1-13(2,3)22-12(21)20-15(7-5-4-6-8-15)14(11-19)9-16(17,18)10-14/h4-11,19H2,1-3H3,(H,20,21). The van der Waals surface area contributed by atoms with Crippen molar-refractivity contribution >= 4 is 6.09 Å². The monoisotopic (exact) mass is 318 g/mol. The third-order valence-electron chi connectivity index (χ3n) is 5.05. The molecule has 0 atom stereocenters. The van der Waals surface area contributed by atoms with Crippen molar-refractivity contribution in [3.63, 3.8) is 0 Å². The van der Waals surface area contributed by atoms with Crippen molar-refractivity contribution in [2.24, 2.45) is 11.1 Å². The number of carbonyl (C=O) groups excluding carboxylic acids is 1. The van der Waals surface area contributed by atoms with E-state index in [0.717, 1.165) is 19.3 Å². The summed E-state index contributed by atoms with van der Waals surface area (Å²) in [6.07, 6.45) is 3.27. The zero-order valence-corrected chi connectivity index (χ0v) is 13.8. The highest BCUT2D eigenvalue weighted by Gasteiger charge is 2.65. The zero-order chi connectivity index (χ0) is 16.6. The van der Waals surface area contributed by atoms with Crippen molar-refractivity contribution in [3.05, 3.63) is 0 Å². The average Bonchev–Trinajstić information content (AvgIpc) is 2.33. The number of hydrogen-bond acceptors (Lipinski definition) is 3. The molecule has 2 fully saturated rings. The van der Waals surface area contributed by atoms with Crippen LogP contribution in [0.2, 0.25) is 0 Å². The summed E-state index contributed by atoms with van der Waals surface area (Å²) in [6, 6.07) is 0. The van der Waals surface area contributed by atoms with E-state index < -0.39 is 28.6 Å². The van der Waals surface area contributed by atoms with Gasteiger partial charge in [0, 0.05) is 24.8 Å². The van der Waals surface area contributed by atoms with E-state index in [1.165, 1.54) is 0 Å². The molecule has 22 heavy (non-hydrogen) atoms. The number of carbonyl (C=O) groups is 1. The number of alkyl halides is 2. The van der Waals surface area contributed by atoms with Crippen LogP contribution in [0.4, 0.5) is 13.6 Å². The highest BCUT2D eigenvalue weighted by Crippen LogP contribution is 2.60. The van der Waals surface area contributed by atoms with Crippen molar-refractivity contribution in [3.8, 4) is 0 Å². The number of hydrogen-bond donors (Lipinski definition) is 2. The second kappa shape index (κ2) is 5.62. The van der Waals surface area contributed by atoms with Crippen LogP contribution in [0.3, 0.4) is 0 Å². The Kier molecular flexibility index (Phi) is 4.46. The molecule has 0 aromatic heterocycles. The van der Waals surface area contributed by atoms with Crippen LogP contribution in [0.5, 0.6) is 0 Å². The Morgan fingerprint density at radius 1 is 1.18 bits per heavy atom. The van der Waals surface area contributed by atoms with E-state index in [1.807, 2.05) is 0 Å². The lowest BCUT2D eigenvalue weighted by molar-refractivity contribution is -0.195. The first kappa shape index (κ1) is 17.4. The second-order valence-corrected chi connectivity index (χ2v) is 7.96. The number of nitrogens with one attached hydrogen (secondary N) is 1. The summed E-state index contributed by atoms with van der Waals surface area (Å²) in [5, 5.41) is 2.95. The molecule has 0 aliphatic heterocycles. The van der Waals surface area contributed by atoms with E-state index in [2.05, 4.69) is 5.32 Å². The number of ether oxygens (including phenoxy) is 1. The SMILES string of the molecule is CC(C)(C)OC(=O)NC1(C2(CN)CC(F)(F)C2)CCCCC1. The normalized spacial score (nSPS) is 25.9. The maximum absolute atomic E-state index is 13.6. The molecule has 3 N–H and O–H groups in total. The summed E-state index contributed by atoms with van der Waals surface area (Å²) in [5.41, 5.74) is 3.89. The molecule has 0 saturated heterocycles. The zero-order valence-electron chi connectivity index (χ0n) is 13.8. The van der Waals surface area contributed by atoms with Crippen LogP contribution in [0.15, 0.2) is 0 Å². The predicted molar refractivity (Wildman–Crippen MR) is 80.9 cm³/mol. The molecule has 0 radical (unpaired) electrons. The van der Waals surface area contributed by atoms with Crippen molar-refractivity contribution in [2.75, 3.05) is 6.54 Å². The summed E-state index contributed by atoms with van der Waals surface area (Å²) in [4.78, 5) is 12.2. The number of rotatable bonds is 3. The van der Waals surface area contributed by atoms with Crippen LogP contribution in [0.25, 0.3) is 0 Å². The van der Waals surface area contributed by atoms with Crippen molar-refractivity contribution in [1.29, 1.82) is 0 Å². The first-order valence-corrected chi connectivity index (χ1v) is 8.12. The fourth-order valence-corrected chi connectivity index (χ4v) is 4.06. The lowest BCUT2D eigenvalue weighted by Crippen LogP contribution is -2.70. The molecule has 128 valence electrons. The smallest absolute Gasteiger partial charge is 0.408 e. The van der Waals surface area contributed by atoms with Gasteiger partial charge in [-0.05, 0) is 33.6 Å².